The Morgan fingerprint density at radius 2 is 1.84 bits per heavy atom. The number of rotatable bonds is 9. The number of fused-ring (bicyclic) bond motifs is 1. The fourth-order valence-electron chi connectivity index (χ4n) is 3.37. The largest absolute Gasteiger partial charge is 0.490 e. The van der Waals surface area contributed by atoms with E-state index in [4.69, 9.17) is 19.6 Å². The molecule has 1 amide bonds. The van der Waals surface area contributed by atoms with E-state index in [0.717, 1.165) is 12.8 Å². The van der Waals surface area contributed by atoms with Gasteiger partial charge < -0.3 is 24.7 Å². The molecular weight excluding hydrogens is 410 g/mol. The Balaban J connectivity index is 2.24. The lowest BCUT2D eigenvalue weighted by atomic mass is 9.92. The second-order valence-electron chi connectivity index (χ2n) is 8.22. The van der Waals surface area contributed by atoms with Gasteiger partial charge in [0.15, 0.2) is 17.6 Å². The van der Waals surface area contributed by atoms with E-state index in [1.807, 2.05) is 6.07 Å². The fraction of sp³-hybridized carbons (Fsp3) is 0.360. The molecule has 2 aromatic carbocycles. The van der Waals surface area contributed by atoms with Gasteiger partial charge in [-0.1, -0.05) is 37.6 Å². The molecule has 0 radical (unpaired) electrons. The van der Waals surface area contributed by atoms with Crippen molar-refractivity contribution in [2.75, 3.05) is 6.61 Å². The minimum Gasteiger partial charge on any atom is -0.490 e. The molecule has 0 fully saturated rings. The van der Waals surface area contributed by atoms with E-state index in [-0.39, 0.29) is 5.76 Å². The highest BCUT2D eigenvalue weighted by atomic mass is 16.5. The SMILES string of the molecule is CCCCOc1ccc(-c2c(C(C)(C)O)oc(=O)c3ccccc23)cc1OC(C)C(N)=O. The third kappa shape index (κ3) is 4.94. The smallest absolute Gasteiger partial charge is 0.343 e. The molecule has 0 aliphatic carbocycles. The van der Waals surface area contributed by atoms with E-state index in [1.165, 1.54) is 0 Å². The van der Waals surface area contributed by atoms with Crippen molar-refractivity contribution in [3.8, 4) is 22.6 Å². The number of unbranched alkanes of at least 4 members (excludes halogenated alkanes) is 1. The molecule has 7 heteroatoms. The van der Waals surface area contributed by atoms with E-state index >= 15 is 0 Å². The number of aliphatic hydroxyl groups is 1. The van der Waals surface area contributed by atoms with Crippen LogP contribution in [-0.4, -0.2) is 23.7 Å². The van der Waals surface area contributed by atoms with Crippen molar-refractivity contribution in [2.24, 2.45) is 5.73 Å². The number of amides is 1. The molecule has 7 nitrogen and oxygen atoms in total. The zero-order valence-electron chi connectivity index (χ0n) is 18.8. The highest BCUT2D eigenvalue weighted by Gasteiger charge is 2.28. The lowest BCUT2D eigenvalue weighted by Gasteiger charge is -2.22. The van der Waals surface area contributed by atoms with Gasteiger partial charge in [0, 0.05) is 10.9 Å². The lowest BCUT2D eigenvalue weighted by Crippen LogP contribution is -2.30. The number of hydrogen-bond acceptors (Lipinski definition) is 6. The average molecular weight is 440 g/mol. The summed E-state index contributed by atoms with van der Waals surface area (Å²) < 4.78 is 17.2. The summed E-state index contributed by atoms with van der Waals surface area (Å²) in [7, 11) is 0. The monoisotopic (exact) mass is 439 g/mol. The lowest BCUT2D eigenvalue weighted by molar-refractivity contribution is -0.124. The molecule has 0 aliphatic rings. The molecule has 3 N–H and O–H groups in total. The van der Waals surface area contributed by atoms with Gasteiger partial charge in [-0.05, 0) is 51.0 Å². The number of primary amides is 1. The maximum Gasteiger partial charge on any atom is 0.343 e. The minimum absolute atomic E-state index is 0.134. The van der Waals surface area contributed by atoms with Crippen molar-refractivity contribution in [1.82, 2.24) is 0 Å². The molecule has 0 saturated carbocycles. The molecule has 0 aliphatic heterocycles. The Morgan fingerprint density at radius 1 is 1.16 bits per heavy atom. The van der Waals surface area contributed by atoms with Gasteiger partial charge in [0.2, 0.25) is 0 Å². The first-order valence-corrected chi connectivity index (χ1v) is 10.6. The highest BCUT2D eigenvalue weighted by Crippen LogP contribution is 2.40. The zero-order valence-corrected chi connectivity index (χ0v) is 18.8. The van der Waals surface area contributed by atoms with Crippen molar-refractivity contribution in [1.29, 1.82) is 0 Å². The maximum absolute atomic E-state index is 12.5. The number of ether oxygens (including phenoxy) is 2. The van der Waals surface area contributed by atoms with Crippen molar-refractivity contribution in [3.63, 3.8) is 0 Å². The van der Waals surface area contributed by atoms with E-state index in [1.54, 1.807) is 57.2 Å². The number of nitrogens with two attached hydrogens (primary N) is 1. The van der Waals surface area contributed by atoms with Crippen LogP contribution in [0.2, 0.25) is 0 Å². The molecule has 0 saturated heterocycles. The van der Waals surface area contributed by atoms with Gasteiger partial charge in [0.1, 0.15) is 11.4 Å². The van der Waals surface area contributed by atoms with Gasteiger partial charge in [0.05, 0.1) is 12.0 Å². The Morgan fingerprint density at radius 3 is 2.47 bits per heavy atom. The summed E-state index contributed by atoms with van der Waals surface area (Å²) in [6.45, 7) is 7.22. The molecule has 32 heavy (non-hydrogen) atoms. The van der Waals surface area contributed by atoms with Crippen LogP contribution in [0.25, 0.3) is 21.9 Å². The van der Waals surface area contributed by atoms with Crippen LogP contribution in [0.1, 0.15) is 46.3 Å². The zero-order chi connectivity index (χ0) is 23.5. The van der Waals surface area contributed by atoms with E-state index in [2.05, 4.69) is 6.92 Å². The third-order valence-electron chi connectivity index (χ3n) is 5.09. The van der Waals surface area contributed by atoms with Crippen LogP contribution in [0.4, 0.5) is 0 Å². The first kappa shape index (κ1) is 23.3. The molecule has 1 heterocycles. The van der Waals surface area contributed by atoms with Crippen LogP contribution in [0.15, 0.2) is 51.7 Å². The molecule has 0 spiro atoms. The predicted octanol–water partition coefficient (Wildman–Crippen LogP) is 4.12. The van der Waals surface area contributed by atoms with Gasteiger partial charge in [-0.25, -0.2) is 4.79 Å². The normalized spacial score (nSPS) is 12.5. The Hall–Kier alpha value is -3.32. The summed E-state index contributed by atoms with van der Waals surface area (Å²) in [5.74, 6) is 0.335. The number of carbonyl (C=O) groups is 1. The van der Waals surface area contributed by atoms with Gasteiger partial charge in [-0.15, -0.1) is 0 Å². The fourth-order valence-corrected chi connectivity index (χ4v) is 3.37. The van der Waals surface area contributed by atoms with Gasteiger partial charge in [-0.3, -0.25) is 4.79 Å². The van der Waals surface area contributed by atoms with Crippen LogP contribution in [0, 0.1) is 0 Å². The first-order valence-electron chi connectivity index (χ1n) is 10.6. The number of benzene rings is 2. The Kier molecular flexibility index (Phi) is 6.89. The van der Waals surface area contributed by atoms with E-state index < -0.39 is 23.2 Å². The van der Waals surface area contributed by atoms with Gasteiger partial charge in [-0.2, -0.15) is 0 Å². The molecule has 170 valence electrons. The van der Waals surface area contributed by atoms with Crippen molar-refractivity contribution in [3.05, 3.63) is 58.6 Å². The molecule has 1 unspecified atom stereocenters. The number of hydrogen-bond donors (Lipinski definition) is 2. The van der Waals surface area contributed by atoms with Gasteiger partial charge in [0.25, 0.3) is 5.91 Å². The molecule has 3 aromatic rings. The summed E-state index contributed by atoms with van der Waals surface area (Å²) in [6.07, 6.45) is 0.956. The first-order chi connectivity index (χ1) is 15.1. The maximum atomic E-state index is 12.5. The van der Waals surface area contributed by atoms with E-state index in [9.17, 15) is 14.7 Å². The van der Waals surface area contributed by atoms with Crippen molar-refractivity contribution >= 4 is 16.7 Å². The minimum atomic E-state index is -1.42. The quantitative estimate of drug-likeness (QED) is 0.485. The Labute approximate surface area is 186 Å². The standard InChI is InChI=1S/C25H29NO6/c1-5-6-13-30-19-12-11-16(14-20(19)31-15(2)23(26)27)21-17-9-7-8-10-18(17)24(28)32-22(21)25(3,4)29/h7-12,14-15,29H,5-6,13H2,1-4H3,(H2,26,27). The van der Waals surface area contributed by atoms with Crippen LogP contribution in [0.3, 0.4) is 0 Å². The van der Waals surface area contributed by atoms with Crippen molar-refractivity contribution in [2.45, 2.75) is 52.2 Å². The topological polar surface area (TPSA) is 112 Å². The summed E-state index contributed by atoms with van der Waals surface area (Å²) in [4.78, 5) is 24.1. The second-order valence-corrected chi connectivity index (χ2v) is 8.22. The summed E-state index contributed by atoms with van der Waals surface area (Å²) in [5.41, 5.74) is 4.64. The summed E-state index contributed by atoms with van der Waals surface area (Å²) >= 11 is 0. The van der Waals surface area contributed by atoms with Crippen molar-refractivity contribution < 1.29 is 23.8 Å². The second kappa shape index (κ2) is 9.44. The molecular formula is C25H29NO6. The predicted molar refractivity (Wildman–Crippen MR) is 123 cm³/mol. The van der Waals surface area contributed by atoms with Crippen LogP contribution >= 0.6 is 0 Å². The van der Waals surface area contributed by atoms with Crippen LogP contribution < -0.4 is 20.8 Å². The molecule has 1 aromatic heterocycles. The summed E-state index contributed by atoms with van der Waals surface area (Å²) in [5, 5.41) is 11.8. The molecule has 3 rings (SSSR count). The van der Waals surface area contributed by atoms with E-state index in [0.29, 0.717) is 40.0 Å². The van der Waals surface area contributed by atoms with Gasteiger partial charge >= 0.3 is 5.63 Å². The number of carbonyl (C=O) groups excluding carboxylic acids is 1. The highest BCUT2D eigenvalue weighted by molar-refractivity contribution is 5.97. The molecule has 1 atom stereocenters. The average Bonchev–Trinajstić information content (AvgIpc) is 2.74. The molecule has 0 bridgehead atoms. The summed E-state index contributed by atoms with van der Waals surface area (Å²) in [6, 6.07) is 12.3. The van der Waals surface area contributed by atoms with Crippen LogP contribution in [0.5, 0.6) is 11.5 Å². The third-order valence-corrected chi connectivity index (χ3v) is 5.09. The van der Waals surface area contributed by atoms with Crippen LogP contribution in [-0.2, 0) is 10.4 Å². The Bertz CT molecular complexity index is 1180.